The molecule has 7 heteroatoms. The van der Waals surface area contributed by atoms with Gasteiger partial charge in [-0.25, -0.2) is 0 Å². The molecule has 0 saturated carbocycles. The lowest BCUT2D eigenvalue weighted by Crippen LogP contribution is -2.22. The van der Waals surface area contributed by atoms with Crippen LogP contribution in [-0.4, -0.2) is 15.3 Å². The van der Waals surface area contributed by atoms with Gasteiger partial charge >= 0.3 is 6.18 Å². The minimum Gasteiger partial charge on any atom is -0.171 e. The van der Waals surface area contributed by atoms with Gasteiger partial charge in [-0.2, -0.15) is 13.2 Å². The van der Waals surface area contributed by atoms with Crippen molar-refractivity contribution in [2.24, 2.45) is 0 Å². The standard InChI is InChI=1S/C6H6Cl4F3/c7-4(8)5(9,10)2-1-3-6(11,12)13/h1,4H,2-3H2. The first-order valence-electron chi connectivity index (χ1n) is 3.19. The van der Waals surface area contributed by atoms with Crippen LogP contribution in [0, 0.1) is 6.42 Å². The second kappa shape index (κ2) is 5.15. The predicted octanol–water partition coefficient (Wildman–Crippen LogP) is 4.51. The summed E-state index contributed by atoms with van der Waals surface area (Å²) in [6.07, 6.45) is -4.63. The topological polar surface area (TPSA) is 0 Å². The summed E-state index contributed by atoms with van der Waals surface area (Å²) < 4.78 is 33.4. The van der Waals surface area contributed by atoms with E-state index in [1.165, 1.54) is 0 Å². The van der Waals surface area contributed by atoms with Crippen molar-refractivity contribution in [3.8, 4) is 0 Å². The zero-order valence-electron chi connectivity index (χ0n) is 6.21. The second-order valence-corrected chi connectivity index (χ2v) is 5.01. The van der Waals surface area contributed by atoms with Gasteiger partial charge in [0, 0.05) is 6.42 Å². The molecule has 0 unspecified atom stereocenters. The average Bonchev–Trinajstić information content (AvgIpc) is 1.82. The normalized spacial score (nSPS) is 13.8. The van der Waals surface area contributed by atoms with Gasteiger partial charge in [0.05, 0.1) is 0 Å². The molecular formula is C6H6Cl4F3. The van der Waals surface area contributed by atoms with Gasteiger partial charge in [0.25, 0.3) is 0 Å². The van der Waals surface area contributed by atoms with Gasteiger partial charge in [0.1, 0.15) is 9.17 Å². The van der Waals surface area contributed by atoms with E-state index in [4.69, 9.17) is 46.4 Å². The molecule has 0 rings (SSSR count). The number of alkyl halides is 7. The van der Waals surface area contributed by atoms with Crippen LogP contribution in [0.4, 0.5) is 13.2 Å². The third kappa shape index (κ3) is 6.95. The van der Waals surface area contributed by atoms with Gasteiger partial charge in [-0.05, 0) is 12.8 Å². The van der Waals surface area contributed by atoms with Crippen molar-refractivity contribution in [1.29, 1.82) is 0 Å². The lowest BCUT2D eigenvalue weighted by molar-refractivity contribution is -0.128. The Hall–Kier alpha value is 0.950. The molecule has 0 fully saturated rings. The highest BCUT2D eigenvalue weighted by atomic mass is 35.5. The van der Waals surface area contributed by atoms with Crippen LogP contribution in [0.1, 0.15) is 12.8 Å². The predicted molar refractivity (Wildman–Crippen MR) is 49.5 cm³/mol. The summed E-state index contributed by atoms with van der Waals surface area (Å²) in [7, 11) is 0. The highest BCUT2D eigenvalue weighted by molar-refractivity contribution is 6.59. The van der Waals surface area contributed by atoms with Crippen molar-refractivity contribution in [3.63, 3.8) is 0 Å². The molecule has 0 saturated heterocycles. The number of hydrogen-bond donors (Lipinski definition) is 0. The molecule has 0 aromatic carbocycles. The minimum absolute atomic E-state index is 0.215. The quantitative estimate of drug-likeness (QED) is 0.663. The molecule has 0 heterocycles. The molecule has 0 aliphatic heterocycles. The molecule has 0 aliphatic carbocycles. The highest BCUT2D eigenvalue weighted by Gasteiger charge is 2.34. The molecule has 0 aliphatic rings. The molecule has 0 N–H and O–H groups in total. The molecule has 79 valence electrons. The summed E-state index contributed by atoms with van der Waals surface area (Å²) >= 11 is 21.6. The Kier molecular flexibility index (Phi) is 5.53. The van der Waals surface area contributed by atoms with Crippen LogP contribution in [0.3, 0.4) is 0 Å². The monoisotopic (exact) mass is 275 g/mol. The van der Waals surface area contributed by atoms with E-state index in [1.54, 1.807) is 0 Å². The first-order chi connectivity index (χ1) is 5.65. The number of hydrogen-bond acceptors (Lipinski definition) is 0. The van der Waals surface area contributed by atoms with E-state index < -0.39 is 21.8 Å². The summed E-state index contributed by atoms with van der Waals surface area (Å²) in [5.74, 6) is 0. The molecule has 0 atom stereocenters. The van der Waals surface area contributed by atoms with Crippen molar-refractivity contribution in [3.05, 3.63) is 6.42 Å². The second-order valence-electron chi connectivity index (χ2n) is 2.37. The maximum absolute atomic E-state index is 11.6. The Morgan fingerprint density at radius 1 is 1.08 bits per heavy atom. The summed E-state index contributed by atoms with van der Waals surface area (Å²) in [6.45, 7) is 0. The molecular weight excluding hydrogens is 271 g/mol. The van der Waals surface area contributed by atoms with Gasteiger partial charge in [-0.15, -0.1) is 23.2 Å². The van der Waals surface area contributed by atoms with Crippen LogP contribution < -0.4 is 0 Å². The number of rotatable bonds is 4. The molecule has 0 aromatic heterocycles. The van der Waals surface area contributed by atoms with Gasteiger partial charge in [0.15, 0.2) is 0 Å². The first-order valence-corrected chi connectivity index (χ1v) is 4.82. The SMILES string of the molecule is FC(F)(F)C[CH]CC(Cl)(Cl)C(Cl)Cl. The van der Waals surface area contributed by atoms with E-state index >= 15 is 0 Å². The molecule has 0 aromatic rings. The lowest BCUT2D eigenvalue weighted by atomic mass is 10.2. The summed E-state index contributed by atoms with van der Waals surface area (Å²) in [5, 5.41) is 0. The Bertz CT molecular complexity index is 154. The van der Waals surface area contributed by atoms with Crippen LogP contribution in [0.15, 0.2) is 0 Å². The Morgan fingerprint density at radius 2 is 1.54 bits per heavy atom. The molecule has 0 nitrogen and oxygen atoms in total. The van der Waals surface area contributed by atoms with Gasteiger partial charge in [-0.3, -0.25) is 0 Å². The molecule has 0 amide bonds. The zero-order chi connectivity index (χ0) is 10.7. The van der Waals surface area contributed by atoms with Crippen LogP contribution in [0.2, 0.25) is 0 Å². The van der Waals surface area contributed by atoms with Gasteiger partial charge in [0.2, 0.25) is 0 Å². The summed E-state index contributed by atoms with van der Waals surface area (Å²) in [5.41, 5.74) is 0. The average molecular weight is 277 g/mol. The highest BCUT2D eigenvalue weighted by Crippen LogP contribution is 2.37. The fourth-order valence-corrected chi connectivity index (χ4v) is 0.914. The zero-order valence-corrected chi connectivity index (χ0v) is 9.24. The van der Waals surface area contributed by atoms with E-state index in [0.29, 0.717) is 0 Å². The molecule has 1 radical (unpaired) electrons. The van der Waals surface area contributed by atoms with E-state index in [1.807, 2.05) is 0 Å². The summed E-state index contributed by atoms with van der Waals surface area (Å²) in [6, 6.07) is 0. The Labute approximate surface area is 94.3 Å². The van der Waals surface area contributed by atoms with Gasteiger partial charge in [-0.1, -0.05) is 23.2 Å². The third-order valence-electron chi connectivity index (χ3n) is 1.11. The minimum atomic E-state index is -4.25. The van der Waals surface area contributed by atoms with Crippen molar-refractivity contribution in [2.45, 2.75) is 28.2 Å². The lowest BCUT2D eigenvalue weighted by Gasteiger charge is -2.20. The van der Waals surface area contributed by atoms with Crippen molar-refractivity contribution in [2.75, 3.05) is 0 Å². The third-order valence-corrected chi connectivity index (χ3v) is 3.05. The van der Waals surface area contributed by atoms with E-state index in [9.17, 15) is 13.2 Å². The Balaban J connectivity index is 3.77. The molecule has 0 bridgehead atoms. The first kappa shape index (κ1) is 13.9. The maximum Gasteiger partial charge on any atom is 0.389 e. The van der Waals surface area contributed by atoms with Gasteiger partial charge < -0.3 is 0 Å². The van der Waals surface area contributed by atoms with Crippen LogP contribution in [0.25, 0.3) is 0 Å². The fourth-order valence-electron chi connectivity index (χ4n) is 0.517. The molecule has 0 spiro atoms. The fraction of sp³-hybridized carbons (Fsp3) is 0.833. The van der Waals surface area contributed by atoms with E-state index in [0.717, 1.165) is 6.42 Å². The van der Waals surface area contributed by atoms with Crippen molar-refractivity contribution >= 4 is 46.4 Å². The van der Waals surface area contributed by atoms with E-state index in [2.05, 4.69) is 0 Å². The largest absolute Gasteiger partial charge is 0.389 e. The summed E-state index contributed by atoms with van der Waals surface area (Å²) in [4.78, 5) is -1.12. The van der Waals surface area contributed by atoms with Crippen LogP contribution in [-0.2, 0) is 0 Å². The number of halogens is 7. The molecule has 13 heavy (non-hydrogen) atoms. The van der Waals surface area contributed by atoms with Crippen molar-refractivity contribution in [1.82, 2.24) is 0 Å². The van der Waals surface area contributed by atoms with E-state index in [-0.39, 0.29) is 6.42 Å². The smallest absolute Gasteiger partial charge is 0.171 e. The Morgan fingerprint density at radius 3 is 1.85 bits per heavy atom. The van der Waals surface area contributed by atoms with Crippen LogP contribution >= 0.6 is 46.4 Å². The van der Waals surface area contributed by atoms with Crippen molar-refractivity contribution < 1.29 is 13.2 Å². The maximum atomic E-state index is 11.6. The van der Waals surface area contributed by atoms with Crippen LogP contribution in [0.5, 0.6) is 0 Å².